The first-order valence-corrected chi connectivity index (χ1v) is 8.44. The van der Waals surface area contributed by atoms with Crippen LogP contribution in [0.5, 0.6) is 0 Å². The van der Waals surface area contributed by atoms with Crippen LogP contribution in [0.15, 0.2) is 47.6 Å². The maximum atomic E-state index is 10.9. The van der Waals surface area contributed by atoms with Crippen molar-refractivity contribution in [2.24, 2.45) is 5.10 Å². The van der Waals surface area contributed by atoms with Gasteiger partial charge in [-0.05, 0) is 42.3 Å². The van der Waals surface area contributed by atoms with Crippen molar-refractivity contribution in [2.45, 2.75) is 18.9 Å². The molecule has 0 amide bonds. The van der Waals surface area contributed by atoms with Gasteiger partial charge in [0.05, 0.1) is 17.2 Å². The van der Waals surface area contributed by atoms with E-state index in [4.69, 9.17) is 23.8 Å². The predicted molar refractivity (Wildman–Crippen MR) is 102 cm³/mol. The van der Waals surface area contributed by atoms with Crippen LogP contribution in [0.4, 0.5) is 5.69 Å². The highest BCUT2D eigenvalue weighted by molar-refractivity contribution is 7.80. The van der Waals surface area contributed by atoms with Crippen LogP contribution in [0, 0.1) is 10.1 Å². The van der Waals surface area contributed by atoms with E-state index in [-0.39, 0.29) is 16.8 Å². The SMILES string of the molecule is O=[N+]([O-])c1cc(C=NNC(=S)NC2CCc3ccccc32)ccc1Cl. The molecule has 0 aliphatic heterocycles. The Hall–Kier alpha value is -2.51. The van der Waals surface area contributed by atoms with E-state index in [1.54, 1.807) is 6.07 Å². The average molecular weight is 375 g/mol. The molecule has 1 atom stereocenters. The molecule has 0 aromatic heterocycles. The van der Waals surface area contributed by atoms with Gasteiger partial charge in [-0.1, -0.05) is 41.9 Å². The van der Waals surface area contributed by atoms with Gasteiger partial charge in [0.25, 0.3) is 5.69 Å². The van der Waals surface area contributed by atoms with Crippen LogP contribution in [-0.2, 0) is 6.42 Å². The maximum Gasteiger partial charge on any atom is 0.288 e. The molecule has 128 valence electrons. The molecule has 1 unspecified atom stereocenters. The molecule has 1 aliphatic carbocycles. The molecule has 0 fully saturated rings. The lowest BCUT2D eigenvalue weighted by Crippen LogP contribution is -2.34. The molecule has 0 radical (unpaired) electrons. The number of thiocarbonyl (C=S) groups is 1. The van der Waals surface area contributed by atoms with E-state index >= 15 is 0 Å². The number of benzene rings is 2. The van der Waals surface area contributed by atoms with Crippen molar-refractivity contribution < 1.29 is 4.92 Å². The smallest absolute Gasteiger partial charge is 0.288 e. The van der Waals surface area contributed by atoms with E-state index in [1.807, 2.05) is 12.1 Å². The minimum Gasteiger partial charge on any atom is -0.354 e. The number of aryl methyl sites for hydroxylation is 1. The fraction of sp³-hybridized carbons (Fsp3) is 0.176. The molecule has 0 spiro atoms. The number of rotatable bonds is 4. The standard InChI is InChI=1S/C17H15ClN4O2S/c18-14-7-5-11(9-16(14)22(23)24)10-19-21-17(25)20-15-8-6-12-3-1-2-4-13(12)15/h1-5,7,9-10,15H,6,8H2,(H2,20,21,25). The Morgan fingerprint density at radius 2 is 2.16 bits per heavy atom. The third-order valence-electron chi connectivity index (χ3n) is 3.98. The van der Waals surface area contributed by atoms with Crippen molar-refractivity contribution in [1.29, 1.82) is 0 Å². The highest BCUT2D eigenvalue weighted by Gasteiger charge is 2.22. The summed E-state index contributed by atoms with van der Waals surface area (Å²) in [5.41, 5.74) is 5.72. The van der Waals surface area contributed by atoms with Crippen LogP contribution >= 0.6 is 23.8 Å². The molecule has 3 rings (SSSR count). The van der Waals surface area contributed by atoms with Gasteiger partial charge >= 0.3 is 0 Å². The van der Waals surface area contributed by atoms with Crippen molar-refractivity contribution in [1.82, 2.24) is 10.7 Å². The van der Waals surface area contributed by atoms with Crippen LogP contribution in [0.25, 0.3) is 0 Å². The van der Waals surface area contributed by atoms with Gasteiger partial charge in [0, 0.05) is 11.6 Å². The quantitative estimate of drug-likeness (QED) is 0.369. The Bertz CT molecular complexity index is 856. The summed E-state index contributed by atoms with van der Waals surface area (Å²) < 4.78 is 0. The lowest BCUT2D eigenvalue weighted by atomic mass is 10.1. The zero-order chi connectivity index (χ0) is 17.8. The fourth-order valence-electron chi connectivity index (χ4n) is 2.81. The number of nitrogens with one attached hydrogen (secondary N) is 2. The van der Waals surface area contributed by atoms with Crippen LogP contribution in [0.3, 0.4) is 0 Å². The number of hydrogen-bond donors (Lipinski definition) is 2. The summed E-state index contributed by atoms with van der Waals surface area (Å²) in [7, 11) is 0. The zero-order valence-corrected chi connectivity index (χ0v) is 14.7. The number of nitro benzene ring substituents is 1. The number of halogens is 1. The van der Waals surface area contributed by atoms with Gasteiger partial charge in [-0.2, -0.15) is 5.10 Å². The monoisotopic (exact) mass is 374 g/mol. The lowest BCUT2D eigenvalue weighted by Gasteiger charge is -2.15. The summed E-state index contributed by atoms with van der Waals surface area (Å²) in [5, 5.41) is 18.6. The molecule has 6 nitrogen and oxygen atoms in total. The Labute approximate surface area is 155 Å². The maximum absolute atomic E-state index is 10.9. The zero-order valence-electron chi connectivity index (χ0n) is 13.1. The molecule has 2 N–H and O–H groups in total. The molecule has 2 aromatic rings. The first kappa shape index (κ1) is 17.3. The minimum atomic E-state index is -0.531. The summed E-state index contributed by atoms with van der Waals surface area (Å²) in [6.07, 6.45) is 3.46. The summed E-state index contributed by atoms with van der Waals surface area (Å²) in [6.45, 7) is 0. The second kappa shape index (κ2) is 7.58. The fourth-order valence-corrected chi connectivity index (χ4v) is 3.19. The third kappa shape index (κ3) is 4.12. The number of fused-ring (bicyclic) bond motifs is 1. The van der Waals surface area contributed by atoms with Crippen molar-refractivity contribution in [3.63, 3.8) is 0 Å². The van der Waals surface area contributed by atoms with Gasteiger partial charge in [0.2, 0.25) is 0 Å². The molecule has 0 heterocycles. The van der Waals surface area contributed by atoms with Crippen molar-refractivity contribution in [3.8, 4) is 0 Å². The summed E-state index contributed by atoms with van der Waals surface area (Å²) in [4.78, 5) is 10.3. The van der Waals surface area contributed by atoms with Gasteiger partial charge in [-0.25, -0.2) is 0 Å². The van der Waals surface area contributed by atoms with Gasteiger partial charge in [0.1, 0.15) is 5.02 Å². The van der Waals surface area contributed by atoms with E-state index < -0.39 is 4.92 Å². The van der Waals surface area contributed by atoms with E-state index in [9.17, 15) is 10.1 Å². The minimum absolute atomic E-state index is 0.0900. The first-order valence-electron chi connectivity index (χ1n) is 7.66. The van der Waals surface area contributed by atoms with E-state index in [1.165, 1.54) is 29.5 Å². The van der Waals surface area contributed by atoms with Crippen molar-refractivity contribution in [2.75, 3.05) is 0 Å². The molecule has 1 aliphatic rings. The summed E-state index contributed by atoms with van der Waals surface area (Å²) >= 11 is 11.0. The second-order valence-corrected chi connectivity index (χ2v) is 6.42. The highest BCUT2D eigenvalue weighted by atomic mass is 35.5. The van der Waals surface area contributed by atoms with E-state index in [2.05, 4.69) is 28.0 Å². The van der Waals surface area contributed by atoms with E-state index in [0.29, 0.717) is 10.7 Å². The van der Waals surface area contributed by atoms with Crippen molar-refractivity contribution in [3.05, 3.63) is 74.3 Å². The topological polar surface area (TPSA) is 79.6 Å². The van der Waals surface area contributed by atoms with Gasteiger partial charge in [-0.3, -0.25) is 15.5 Å². The molecule has 2 aromatic carbocycles. The molecule has 0 saturated carbocycles. The predicted octanol–water partition coefficient (Wildman–Crippen LogP) is 3.73. The molecule has 0 bridgehead atoms. The second-order valence-electron chi connectivity index (χ2n) is 5.60. The van der Waals surface area contributed by atoms with Gasteiger partial charge in [-0.15, -0.1) is 0 Å². The first-order chi connectivity index (χ1) is 12.0. The summed E-state index contributed by atoms with van der Waals surface area (Å²) in [5.74, 6) is 0. The van der Waals surface area contributed by atoms with Crippen LogP contribution in [0.1, 0.15) is 29.2 Å². The molecular weight excluding hydrogens is 360 g/mol. The Kier molecular flexibility index (Phi) is 5.25. The number of nitro groups is 1. The number of hydrazone groups is 1. The number of hydrogen-bond acceptors (Lipinski definition) is 4. The van der Waals surface area contributed by atoms with Gasteiger partial charge < -0.3 is 5.32 Å². The average Bonchev–Trinajstić information content (AvgIpc) is 2.99. The molecule has 25 heavy (non-hydrogen) atoms. The number of nitrogens with zero attached hydrogens (tertiary/aromatic N) is 2. The Balaban J connectivity index is 1.59. The summed E-state index contributed by atoms with van der Waals surface area (Å²) in [6, 6.07) is 12.9. The van der Waals surface area contributed by atoms with Crippen LogP contribution in [0.2, 0.25) is 5.02 Å². The largest absolute Gasteiger partial charge is 0.354 e. The molecule has 0 saturated heterocycles. The van der Waals surface area contributed by atoms with Crippen LogP contribution < -0.4 is 10.7 Å². The van der Waals surface area contributed by atoms with Gasteiger partial charge in [0.15, 0.2) is 5.11 Å². The Morgan fingerprint density at radius 3 is 2.96 bits per heavy atom. The van der Waals surface area contributed by atoms with E-state index in [0.717, 1.165) is 12.8 Å². The molecule has 8 heteroatoms. The molecular formula is C17H15ClN4O2S. The lowest BCUT2D eigenvalue weighted by molar-refractivity contribution is -0.384. The van der Waals surface area contributed by atoms with Crippen molar-refractivity contribution >= 4 is 40.8 Å². The highest BCUT2D eigenvalue weighted by Crippen LogP contribution is 2.30. The third-order valence-corrected chi connectivity index (χ3v) is 4.51. The van der Waals surface area contributed by atoms with Crippen LogP contribution in [-0.4, -0.2) is 16.3 Å². The normalized spacial score (nSPS) is 15.8. The Morgan fingerprint density at radius 1 is 1.36 bits per heavy atom.